The minimum atomic E-state index is 0.450. The molecule has 1 heterocycles. The van der Waals surface area contributed by atoms with Crippen LogP contribution in [0.2, 0.25) is 0 Å². The molecule has 0 unspecified atom stereocenters. The second-order valence-corrected chi connectivity index (χ2v) is 4.85. The van der Waals surface area contributed by atoms with E-state index in [1.165, 1.54) is 0 Å². The van der Waals surface area contributed by atoms with E-state index in [0.717, 1.165) is 16.7 Å². The van der Waals surface area contributed by atoms with Crippen molar-refractivity contribution in [2.24, 2.45) is 5.84 Å². The maximum Gasteiger partial charge on any atom is 0.227 e. The number of aryl methyl sites for hydroxylation is 3. The van der Waals surface area contributed by atoms with Gasteiger partial charge in [0, 0.05) is 0 Å². The van der Waals surface area contributed by atoms with Crippen LogP contribution in [0.4, 0.5) is 5.82 Å². The molecule has 6 heteroatoms. The number of ether oxygens (including phenoxy) is 1. The van der Waals surface area contributed by atoms with E-state index in [9.17, 15) is 0 Å². The summed E-state index contributed by atoms with van der Waals surface area (Å²) >= 11 is 0. The number of nitrogens with one attached hydrogen (secondary N) is 1. The third kappa shape index (κ3) is 2.93. The van der Waals surface area contributed by atoms with Crippen LogP contribution in [0, 0.1) is 39.0 Å². The van der Waals surface area contributed by atoms with Crippen molar-refractivity contribution >= 4 is 5.82 Å². The fraction of sp³-hybridized carbons (Fsp3) is 0.267. The van der Waals surface area contributed by atoms with Gasteiger partial charge >= 0.3 is 0 Å². The summed E-state index contributed by atoms with van der Waals surface area (Å²) in [6.45, 7) is 7.40. The van der Waals surface area contributed by atoms with Gasteiger partial charge in [-0.25, -0.2) is 10.8 Å². The lowest BCUT2D eigenvalue weighted by Gasteiger charge is -2.15. The van der Waals surface area contributed by atoms with Gasteiger partial charge in [-0.2, -0.15) is 10.2 Å². The summed E-state index contributed by atoms with van der Waals surface area (Å²) in [4.78, 5) is 8.50. The average Bonchev–Trinajstić information content (AvgIpc) is 2.45. The monoisotopic (exact) mass is 283 g/mol. The van der Waals surface area contributed by atoms with Crippen molar-refractivity contribution in [2.45, 2.75) is 27.7 Å². The van der Waals surface area contributed by atoms with Gasteiger partial charge in [0.05, 0.1) is 17.2 Å². The molecule has 0 atom stereocenters. The van der Waals surface area contributed by atoms with E-state index in [1.54, 1.807) is 19.1 Å². The highest BCUT2D eigenvalue weighted by atomic mass is 16.5. The number of rotatable bonds is 3. The Hall–Kier alpha value is -2.65. The Bertz CT molecular complexity index is 711. The summed E-state index contributed by atoms with van der Waals surface area (Å²) in [7, 11) is 0. The molecule has 1 aromatic carbocycles. The lowest BCUT2D eigenvalue weighted by molar-refractivity contribution is 0.449. The van der Waals surface area contributed by atoms with Crippen molar-refractivity contribution in [1.29, 1.82) is 5.26 Å². The van der Waals surface area contributed by atoms with E-state index in [-0.39, 0.29) is 0 Å². The van der Waals surface area contributed by atoms with Gasteiger partial charge in [0.1, 0.15) is 17.4 Å². The van der Waals surface area contributed by atoms with Crippen molar-refractivity contribution < 1.29 is 4.74 Å². The summed E-state index contributed by atoms with van der Waals surface area (Å²) in [6.07, 6.45) is 0. The second-order valence-electron chi connectivity index (χ2n) is 4.85. The van der Waals surface area contributed by atoms with E-state index in [0.29, 0.717) is 28.8 Å². The summed E-state index contributed by atoms with van der Waals surface area (Å²) in [5.41, 5.74) is 5.63. The van der Waals surface area contributed by atoms with Gasteiger partial charge < -0.3 is 10.2 Å². The highest BCUT2D eigenvalue weighted by Crippen LogP contribution is 2.32. The minimum absolute atomic E-state index is 0.450. The van der Waals surface area contributed by atoms with Crippen molar-refractivity contribution in [1.82, 2.24) is 9.97 Å². The molecule has 0 aliphatic heterocycles. The van der Waals surface area contributed by atoms with Crippen LogP contribution < -0.4 is 16.0 Å². The molecule has 0 radical (unpaired) electrons. The molecule has 0 saturated carbocycles. The Morgan fingerprint density at radius 3 is 2.29 bits per heavy atom. The second kappa shape index (κ2) is 5.77. The van der Waals surface area contributed by atoms with Crippen molar-refractivity contribution in [2.75, 3.05) is 5.43 Å². The van der Waals surface area contributed by atoms with Gasteiger partial charge in [0.25, 0.3) is 0 Å². The standard InChI is InChI=1S/C15H17N5O/c1-8-5-12(7-16)6-9(2)13(8)21-15-10(3)14(20-17)18-11(4)19-15/h5-6H,17H2,1-4H3,(H,18,19,20). The van der Waals surface area contributed by atoms with Crippen LogP contribution in [0.25, 0.3) is 0 Å². The first-order valence-corrected chi connectivity index (χ1v) is 6.47. The van der Waals surface area contributed by atoms with Crippen LogP contribution in [-0.2, 0) is 0 Å². The van der Waals surface area contributed by atoms with E-state index in [1.807, 2.05) is 20.8 Å². The van der Waals surface area contributed by atoms with Crippen molar-refractivity contribution in [3.63, 3.8) is 0 Å². The Morgan fingerprint density at radius 1 is 1.14 bits per heavy atom. The first-order valence-electron chi connectivity index (χ1n) is 6.47. The van der Waals surface area contributed by atoms with Crippen molar-refractivity contribution in [3.8, 4) is 17.7 Å². The summed E-state index contributed by atoms with van der Waals surface area (Å²) < 4.78 is 5.94. The van der Waals surface area contributed by atoms with Gasteiger partial charge in [-0.15, -0.1) is 0 Å². The topological polar surface area (TPSA) is 96.9 Å². The number of aromatic nitrogens is 2. The van der Waals surface area contributed by atoms with E-state index in [2.05, 4.69) is 21.5 Å². The molecule has 108 valence electrons. The minimum Gasteiger partial charge on any atom is -0.438 e. The predicted octanol–water partition coefficient (Wildman–Crippen LogP) is 2.66. The van der Waals surface area contributed by atoms with Crippen LogP contribution >= 0.6 is 0 Å². The molecular formula is C15H17N5O. The molecule has 0 amide bonds. The zero-order chi connectivity index (χ0) is 15.6. The van der Waals surface area contributed by atoms with E-state index >= 15 is 0 Å². The zero-order valence-corrected chi connectivity index (χ0v) is 12.5. The molecule has 0 saturated heterocycles. The lowest BCUT2D eigenvalue weighted by atomic mass is 10.1. The molecule has 21 heavy (non-hydrogen) atoms. The number of nitrogens with two attached hydrogens (primary N) is 1. The third-order valence-corrected chi connectivity index (χ3v) is 3.14. The largest absolute Gasteiger partial charge is 0.438 e. The van der Waals surface area contributed by atoms with E-state index < -0.39 is 0 Å². The smallest absolute Gasteiger partial charge is 0.227 e. The Morgan fingerprint density at radius 2 is 1.76 bits per heavy atom. The summed E-state index contributed by atoms with van der Waals surface area (Å²) in [5, 5.41) is 8.98. The molecule has 6 nitrogen and oxygen atoms in total. The van der Waals surface area contributed by atoms with Crippen LogP contribution in [0.1, 0.15) is 28.1 Å². The van der Waals surface area contributed by atoms with Gasteiger partial charge in [-0.05, 0) is 51.0 Å². The number of hydrazine groups is 1. The maximum absolute atomic E-state index is 8.98. The van der Waals surface area contributed by atoms with Crippen LogP contribution in [0.15, 0.2) is 12.1 Å². The molecule has 0 aliphatic carbocycles. The summed E-state index contributed by atoms with van der Waals surface area (Å²) in [6, 6.07) is 5.70. The maximum atomic E-state index is 8.98. The first kappa shape index (κ1) is 14.8. The van der Waals surface area contributed by atoms with Crippen LogP contribution in [0.3, 0.4) is 0 Å². The van der Waals surface area contributed by atoms with E-state index in [4.69, 9.17) is 15.8 Å². The normalized spacial score (nSPS) is 10.1. The highest BCUT2D eigenvalue weighted by Gasteiger charge is 2.14. The number of nitrogen functional groups attached to an aromatic ring is 1. The van der Waals surface area contributed by atoms with Crippen LogP contribution in [-0.4, -0.2) is 9.97 Å². The Balaban J connectivity index is 2.49. The lowest BCUT2D eigenvalue weighted by Crippen LogP contribution is -2.12. The SMILES string of the molecule is Cc1nc(NN)c(C)c(Oc2c(C)cc(C#N)cc2C)n1. The number of hydrogen-bond acceptors (Lipinski definition) is 6. The molecule has 2 aromatic rings. The summed E-state index contributed by atoms with van der Waals surface area (Å²) in [5.74, 6) is 7.68. The van der Waals surface area contributed by atoms with Crippen molar-refractivity contribution in [3.05, 3.63) is 40.2 Å². The molecular weight excluding hydrogens is 266 g/mol. The first-order chi connectivity index (χ1) is 9.96. The quantitative estimate of drug-likeness (QED) is 0.664. The molecule has 1 aromatic heterocycles. The third-order valence-electron chi connectivity index (χ3n) is 3.14. The molecule has 0 aliphatic rings. The number of nitrogens with zero attached hydrogens (tertiary/aromatic N) is 3. The Labute approximate surface area is 123 Å². The highest BCUT2D eigenvalue weighted by molar-refractivity contribution is 5.52. The van der Waals surface area contributed by atoms with Gasteiger partial charge in [-0.1, -0.05) is 0 Å². The molecule has 2 rings (SSSR count). The zero-order valence-electron chi connectivity index (χ0n) is 12.5. The van der Waals surface area contributed by atoms with Crippen LogP contribution in [0.5, 0.6) is 11.6 Å². The van der Waals surface area contributed by atoms with Gasteiger partial charge in [-0.3, -0.25) is 0 Å². The van der Waals surface area contributed by atoms with Gasteiger partial charge in [0.15, 0.2) is 0 Å². The number of hydrogen-bond donors (Lipinski definition) is 2. The Kier molecular flexibility index (Phi) is 4.05. The fourth-order valence-electron chi connectivity index (χ4n) is 2.12. The molecule has 3 N–H and O–H groups in total. The number of nitriles is 1. The fourth-order valence-corrected chi connectivity index (χ4v) is 2.12. The molecule has 0 spiro atoms. The molecule has 0 fully saturated rings. The number of benzene rings is 1. The number of anilines is 1. The average molecular weight is 283 g/mol. The van der Waals surface area contributed by atoms with Gasteiger partial charge in [0.2, 0.25) is 5.88 Å². The molecule has 0 bridgehead atoms. The predicted molar refractivity (Wildman–Crippen MR) is 80.0 cm³/mol.